The van der Waals surface area contributed by atoms with Crippen LogP contribution in [0.15, 0.2) is 35.3 Å². The van der Waals surface area contributed by atoms with Crippen LogP contribution in [-0.2, 0) is 11.3 Å². The van der Waals surface area contributed by atoms with Crippen LogP contribution < -0.4 is 5.56 Å². The summed E-state index contributed by atoms with van der Waals surface area (Å²) in [5, 5.41) is 0. The molecule has 0 atom stereocenters. The van der Waals surface area contributed by atoms with Crippen LogP contribution in [0, 0.1) is 5.92 Å². The second-order valence-electron chi connectivity index (χ2n) is 7.10. The Labute approximate surface area is 147 Å². The number of carbonyl (C=O) groups is 1. The van der Waals surface area contributed by atoms with E-state index in [0.29, 0.717) is 18.1 Å². The molecule has 2 aromatic rings. The lowest BCUT2D eigenvalue weighted by Gasteiger charge is -2.35. The number of carbonyl (C=O) groups excluding carboxylic acids is 1. The zero-order chi connectivity index (χ0) is 17.2. The number of pyridine rings is 1. The average Bonchev–Trinajstić information content (AvgIpc) is 3.16. The van der Waals surface area contributed by atoms with E-state index in [4.69, 9.17) is 0 Å². The molecule has 2 aromatic heterocycles. The number of hydrogen-bond acceptors (Lipinski definition) is 4. The van der Waals surface area contributed by atoms with E-state index in [2.05, 4.69) is 9.88 Å². The fourth-order valence-electron chi connectivity index (χ4n) is 3.97. The van der Waals surface area contributed by atoms with Crippen molar-refractivity contribution in [3.05, 3.63) is 46.5 Å². The van der Waals surface area contributed by atoms with E-state index < -0.39 is 0 Å². The van der Waals surface area contributed by atoms with Gasteiger partial charge < -0.3 is 4.90 Å². The van der Waals surface area contributed by atoms with Crippen molar-refractivity contribution in [2.24, 2.45) is 5.92 Å². The van der Waals surface area contributed by atoms with Gasteiger partial charge in [-0.1, -0.05) is 18.9 Å². The van der Waals surface area contributed by atoms with E-state index in [1.54, 1.807) is 16.7 Å². The fourth-order valence-corrected chi connectivity index (χ4v) is 3.97. The van der Waals surface area contributed by atoms with Gasteiger partial charge in [0.15, 0.2) is 0 Å². The van der Waals surface area contributed by atoms with Gasteiger partial charge in [-0.15, -0.1) is 0 Å². The molecule has 3 heterocycles. The number of piperazine rings is 1. The smallest absolute Gasteiger partial charge is 0.258 e. The molecule has 6 heteroatoms. The highest BCUT2D eigenvalue weighted by Gasteiger charge is 2.29. The van der Waals surface area contributed by atoms with E-state index in [1.165, 1.54) is 12.8 Å². The predicted octanol–water partition coefficient (Wildman–Crippen LogP) is 1.53. The van der Waals surface area contributed by atoms with Crippen LogP contribution in [0.5, 0.6) is 0 Å². The van der Waals surface area contributed by atoms with Crippen LogP contribution in [0.3, 0.4) is 0 Å². The Morgan fingerprint density at radius 3 is 2.64 bits per heavy atom. The van der Waals surface area contributed by atoms with Gasteiger partial charge in [0.1, 0.15) is 5.65 Å². The Morgan fingerprint density at radius 2 is 1.88 bits per heavy atom. The Kier molecular flexibility index (Phi) is 4.53. The minimum Gasteiger partial charge on any atom is -0.340 e. The lowest BCUT2D eigenvalue weighted by atomic mass is 10.1. The largest absolute Gasteiger partial charge is 0.340 e. The molecule has 1 amide bonds. The zero-order valence-electron chi connectivity index (χ0n) is 14.4. The molecule has 0 radical (unpaired) electrons. The first-order valence-electron chi connectivity index (χ1n) is 9.19. The summed E-state index contributed by atoms with van der Waals surface area (Å²) in [6, 6.07) is 7.18. The van der Waals surface area contributed by atoms with Crippen LogP contribution in [0.4, 0.5) is 0 Å². The van der Waals surface area contributed by atoms with Crippen molar-refractivity contribution >= 4 is 11.6 Å². The van der Waals surface area contributed by atoms with E-state index in [-0.39, 0.29) is 11.5 Å². The van der Waals surface area contributed by atoms with E-state index >= 15 is 0 Å². The molecule has 0 N–H and O–H groups in total. The van der Waals surface area contributed by atoms with Gasteiger partial charge in [0.05, 0.1) is 5.69 Å². The minimum atomic E-state index is -0.0457. The lowest BCUT2D eigenvalue weighted by molar-refractivity contribution is -0.137. The summed E-state index contributed by atoms with van der Waals surface area (Å²) in [6.45, 7) is 3.90. The molecule has 2 aliphatic rings. The number of fused-ring (bicyclic) bond motifs is 1. The highest BCUT2D eigenvalue weighted by Crippen LogP contribution is 2.27. The summed E-state index contributed by atoms with van der Waals surface area (Å²) >= 11 is 0. The molecule has 1 saturated heterocycles. The van der Waals surface area contributed by atoms with Crippen LogP contribution in [0.25, 0.3) is 5.65 Å². The summed E-state index contributed by atoms with van der Waals surface area (Å²) in [4.78, 5) is 33.6. The average molecular weight is 340 g/mol. The number of rotatable bonds is 3. The van der Waals surface area contributed by atoms with Crippen LogP contribution in [-0.4, -0.2) is 51.3 Å². The third kappa shape index (κ3) is 3.44. The van der Waals surface area contributed by atoms with Crippen molar-refractivity contribution in [3.8, 4) is 0 Å². The minimum absolute atomic E-state index is 0.0457. The molecule has 0 bridgehead atoms. The Morgan fingerprint density at radius 1 is 1.12 bits per heavy atom. The van der Waals surface area contributed by atoms with Crippen molar-refractivity contribution in [1.82, 2.24) is 19.2 Å². The SMILES string of the molecule is O=C(C1CCCC1)N1CCN(Cc2cc(=O)n3ccccc3n2)CC1. The van der Waals surface area contributed by atoms with Gasteiger partial charge in [-0.05, 0) is 25.0 Å². The van der Waals surface area contributed by atoms with E-state index in [1.807, 2.05) is 23.1 Å². The summed E-state index contributed by atoms with van der Waals surface area (Å²) in [5.74, 6) is 0.605. The lowest BCUT2D eigenvalue weighted by Crippen LogP contribution is -2.49. The van der Waals surface area contributed by atoms with Crippen LogP contribution in [0.1, 0.15) is 31.4 Å². The van der Waals surface area contributed by atoms with E-state index in [9.17, 15) is 9.59 Å². The van der Waals surface area contributed by atoms with E-state index in [0.717, 1.165) is 44.7 Å². The second kappa shape index (κ2) is 6.96. The molecular weight excluding hydrogens is 316 g/mol. The molecule has 6 nitrogen and oxygen atoms in total. The molecule has 25 heavy (non-hydrogen) atoms. The molecule has 1 saturated carbocycles. The van der Waals surface area contributed by atoms with Gasteiger partial charge in [0.2, 0.25) is 5.91 Å². The number of aromatic nitrogens is 2. The third-order valence-electron chi connectivity index (χ3n) is 5.40. The van der Waals surface area contributed by atoms with Crippen molar-refractivity contribution in [2.75, 3.05) is 26.2 Å². The predicted molar refractivity (Wildman–Crippen MR) is 95.3 cm³/mol. The topological polar surface area (TPSA) is 57.9 Å². The molecule has 0 unspecified atom stereocenters. The molecule has 1 aliphatic carbocycles. The highest BCUT2D eigenvalue weighted by atomic mass is 16.2. The molecule has 0 aromatic carbocycles. The summed E-state index contributed by atoms with van der Waals surface area (Å²) < 4.78 is 1.56. The number of amides is 1. The van der Waals surface area contributed by atoms with Gasteiger partial charge in [0, 0.05) is 50.9 Å². The molecule has 2 fully saturated rings. The Hall–Kier alpha value is -2.21. The second-order valence-corrected chi connectivity index (χ2v) is 7.10. The van der Waals surface area contributed by atoms with Gasteiger partial charge in [-0.3, -0.25) is 18.9 Å². The van der Waals surface area contributed by atoms with Crippen molar-refractivity contribution in [3.63, 3.8) is 0 Å². The molecule has 1 aliphatic heterocycles. The highest BCUT2D eigenvalue weighted by molar-refractivity contribution is 5.79. The van der Waals surface area contributed by atoms with Crippen molar-refractivity contribution in [2.45, 2.75) is 32.2 Å². The maximum absolute atomic E-state index is 12.5. The maximum atomic E-state index is 12.5. The van der Waals surface area contributed by atoms with Crippen LogP contribution in [0.2, 0.25) is 0 Å². The van der Waals surface area contributed by atoms with Gasteiger partial charge >= 0.3 is 0 Å². The Bertz CT molecular complexity index is 818. The molecular formula is C19H24N4O2. The van der Waals surface area contributed by atoms with Crippen molar-refractivity contribution < 1.29 is 4.79 Å². The maximum Gasteiger partial charge on any atom is 0.258 e. The summed E-state index contributed by atoms with van der Waals surface area (Å²) in [6.07, 6.45) is 6.24. The van der Waals surface area contributed by atoms with Crippen LogP contribution >= 0.6 is 0 Å². The molecule has 132 valence electrons. The first-order valence-corrected chi connectivity index (χ1v) is 9.19. The van der Waals surface area contributed by atoms with Crippen molar-refractivity contribution in [1.29, 1.82) is 0 Å². The fraction of sp³-hybridized carbons (Fsp3) is 0.526. The summed E-state index contributed by atoms with van der Waals surface area (Å²) in [7, 11) is 0. The summed E-state index contributed by atoms with van der Waals surface area (Å²) in [5.41, 5.74) is 1.43. The quantitative estimate of drug-likeness (QED) is 0.850. The van der Waals surface area contributed by atoms with Gasteiger partial charge in [0.25, 0.3) is 5.56 Å². The Balaban J connectivity index is 1.38. The number of hydrogen-bond donors (Lipinski definition) is 0. The molecule has 4 rings (SSSR count). The first-order chi connectivity index (χ1) is 12.2. The number of nitrogens with zero attached hydrogens (tertiary/aromatic N) is 4. The third-order valence-corrected chi connectivity index (χ3v) is 5.40. The normalized spacial score (nSPS) is 19.6. The standard InChI is InChI=1S/C19H24N4O2/c24-18-13-16(20-17-7-3-4-8-23(17)18)14-21-9-11-22(12-10-21)19(25)15-5-1-2-6-15/h3-4,7-8,13,15H,1-2,5-6,9-12,14H2. The zero-order valence-corrected chi connectivity index (χ0v) is 14.4. The van der Waals surface area contributed by atoms with Gasteiger partial charge in [-0.2, -0.15) is 0 Å². The first kappa shape index (κ1) is 16.3. The monoisotopic (exact) mass is 340 g/mol. The molecule has 0 spiro atoms. The van der Waals surface area contributed by atoms with Gasteiger partial charge in [-0.25, -0.2) is 4.98 Å².